The number of aromatic nitrogens is 3. The zero-order valence-electron chi connectivity index (χ0n) is 14.2. The molecular formula is C18H18N4O3. The van der Waals surface area contributed by atoms with E-state index in [4.69, 9.17) is 9.26 Å². The van der Waals surface area contributed by atoms with Crippen molar-refractivity contribution in [1.82, 2.24) is 15.1 Å². The SMILES string of the molecule is Cc1nc(-c2cccc(NC(=O)c3ccc(OC(C)C)nc3)c2)no1. The maximum Gasteiger partial charge on any atom is 0.257 e. The summed E-state index contributed by atoms with van der Waals surface area (Å²) in [6, 6.07) is 10.6. The number of hydrogen-bond donors (Lipinski definition) is 1. The summed E-state index contributed by atoms with van der Waals surface area (Å²) in [5, 5.41) is 6.70. The number of carbonyl (C=O) groups is 1. The first-order valence-electron chi connectivity index (χ1n) is 7.86. The van der Waals surface area contributed by atoms with Gasteiger partial charge in [-0.15, -0.1) is 0 Å². The van der Waals surface area contributed by atoms with Crippen molar-refractivity contribution in [1.29, 1.82) is 0 Å². The molecule has 1 aromatic carbocycles. The van der Waals surface area contributed by atoms with Gasteiger partial charge in [-0.3, -0.25) is 4.79 Å². The lowest BCUT2D eigenvalue weighted by Crippen LogP contribution is -2.13. The Bertz CT molecular complexity index is 872. The van der Waals surface area contributed by atoms with E-state index in [1.807, 2.05) is 26.0 Å². The summed E-state index contributed by atoms with van der Waals surface area (Å²) in [5.41, 5.74) is 1.83. The molecule has 7 heteroatoms. The van der Waals surface area contributed by atoms with E-state index in [-0.39, 0.29) is 12.0 Å². The predicted molar refractivity (Wildman–Crippen MR) is 92.4 cm³/mol. The zero-order valence-corrected chi connectivity index (χ0v) is 14.2. The Labute approximate surface area is 145 Å². The molecule has 25 heavy (non-hydrogen) atoms. The number of nitrogens with one attached hydrogen (secondary N) is 1. The van der Waals surface area contributed by atoms with Crippen LogP contribution in [0.4, 0.5) is 5.69 Å². The Kier molecular flexibility index (Phi) is 4.74. The molecule has 2 aromatic heterocycles. The van der Waals surface area contributed by atoms with Gasteiger partial charge in [0.05, 0.1) is 11.7 Å². The van der Waals surface area contributed by atoms with Crippen molar-refractivity contribution < 1.29 is 14.1 Å². The van der Waals surface area contributed by atoms with Crippen LogP contribution in [-0.4, -0.2) is 27.1 Å². The van der Waals surface area contributed by atoms with E-state index in [1.165, 1.54) is 6.20 Å². The van der Waals surface area contributed by atoms with Crippen LogP contribution in [0.5, 0.6) is 5.88 Å². The first-order chi connectivity index (χ1) is 12.0. The number of benzene rings is 1. The first-order valence-corrected chi connectivity index (χ1v) is 7.86. The summed E-state index contributed by atoms with van der Waals surface area (Å²) >= 11 is 0. The van der Waals surface area contributed by atoms with Crippen LogP contribution in [0.25, 0.3) is 11.4 Å². The largest absolute Gasteiger partial charge is 0.475 e. The number of ether oxygens (including phenoxy) is 1. The molecule has 0 unspecified atom stereocenters. The molecule has 7 nitrogen and oxygen atoms in total. The molecule has 3 rings (SSSR count). The molecule has 0 saturated carbocycles. The summed E-state index contributed by atoms with van der Waals surface area (Å²) in [4.78, 5) is 20.7. The first kappa shape index (κ1) is 16.6. The zero-order chi connectivity index (χ0) is 17.8. The van der Waals surface area contributed by atoms with Gasteiger partial charge in [0.15, 0.2) is 0 Å². The average molecular weight is 338 g/mol. The summed E-state index contributed by atoms with van der Waals surface area (Å²) in [6.07, 6.45) is 1.52. The minimum atomic E-state index is -0.259. The van der Waals surface area contributed by atoms with E-state index in [0.29, 0.717) is 28.8 Å². The Balaban J connectivity index is 1.72. The third-order valence-corrected chi connectivity index (χ3v) is 3.26. The van der Waals surface area contributed by atoms with E-state index >= 15 is 0 Å². The maximum absolute atomic E-state index is 12.4. The fourth-order valence-electron chi connectivity index (χ4n) is 2.18. The van der Waals surface area contributed by atoms with E-state index in [9.17, 15) is 4.79 Å². The van der Waals surface area contributed by atoms with Gasteiger partial charge in [0.2, 0.25) is 17.6 Å². The van der Waals surface area contributed by atoms with Crippen LogP contribution in [0.1, 0.15) is 30.1 Å². The molecule has 128 valence electrons. The van der Waals surface area contributed by atoms with Crippen LogP contribution < -0.4 is 10.1 Å². The second kappa shape index (κ2) is 7.12. The summed E-state index contributed by atoms with van der Waals surface area (Å²) < 4.78 is 10.4. The van der Waals surface area contributed by atoms with Crippen LogP contribution in [0.2, 0.25) is 0 Å². The lowest BCUT2D eigenvalue weighted by atomic mass is 10.2. The number of rotatable bonds is 5. The number of pyridine rings is 1. The molecule has 0 fully saturated rings. The van der Waals surface area contributed by atoms with E-state index < -0.39 is 0 Å². The molecule has 0 aliphatic heterocycles. The highest BCUT2D eigenvalue weighted by Crippen LogP contribution is 2.20. The number of aryl methyl sites for hydroxylation is 1. The monoisotopic (exact) mass is 338 g/mol. The van der Waals surface area contributed by atoms with Gasteiger partial charge in [-0.2, -0.15) is 4.98 Å². The Morgan fingerprint density at radius 3 is 2.72 bits per heavy atom. The molecule has 0 saturated heterocycles. The highest BCUT2D eigenvalue weighted by molar-refractivity contribution is 6.04. The molecular weight excluding hydrogens is 320 g/mol. The van der Waals surface area contributed by atoms with Crippen molar-refractivity contribution in [3.05, 3.63) is 54.0 Å². The topological polar surface area (TPSA) is 90.1 Å². The van der Waals surface area contributed by atoms with Crippen LogP contribution in [0, 0.1) is 6.92 Å². The van der Waals surface area contributed by atoms with Gasteiger partial charge in [0, 0.05) is 30.4 Å². The second-order valence-corrected chi connectivity index (χ2v) is 5.72. The molecule has 1 amide bonds. The van der Waals surface area contributed by atoms with Gasteiger partial charge in [-0.25, -0.2) is 4.98 Å². The fraction of sp³-hybridized carbons (Fsp3) is 0.222. The lowest BCUT2D eigenvalue weighted by Gasteiger charge is -2.09. The van der Waals surface area contributed by atoms with Crippen molar-refractivity contribution >= 4 is 11.6 Å². The normalized spacial score (nSPS) is 10.7. The Hall–Kier alpha value is -3.22. The van der Waals surface area contributed by atoms with Crippen LogP contribution in [0.15, 0.2) is 47.1 Å². The molecule has 2 heterocycles. The quantitative estimate of drug-likeness (QED) is 0.766. The third-order valence-electron chi connectivity index (χ3n) is 3.26. The van der Waals surface area contributed by atoms with Gasteiger partial charge < -0.3 is 14.6 Å². The third kappa shape index (κ3) is 4.20. The Morgan fingerprint density at radius 1 is 1.24 bits per heavy atom. The van der Waals surface area contributed by atoms with Gasteiger partial charge in [-0.1, -0.05) is 17.3 Å². The van der Waals surface area contributed by atoms with Gasteiger partial charge >= 0.3 is 0 Å². The van der Waals surface area contributed by atoms with Crippen molar-refractivity contribution in [3.8, 4) is 17.3 Å². The molecule has 1 N–H and O–H groups in total. The van der Waals surface area contributed by atoms with Crippen molar-refractivity contribution in [2.24, 2.45) is 0 Å². The summed E-state index contributed by atoms with van der Waals surface area (Å²) in [7, 11) is 0. The lowest BCUT2D eigenvalue weighted by molar-refractivity contribution is 0.102. The summed E-state index contributed by atoms with van der Waals surface area (Å²) in [5.74, 6) is 1.19. The highest BCUT2D eigenvalue weighted by Gasteiger charge is 2.10. The van der Waals surface area contributed by atoms with Crippen molar-refractivity contribution in [2.75, 3.05) is 5.32 Å². The van der Waals surface area contributed by atoms with Gasteiger partial charge in [0.25, 0.3) is 5.91 Å². The molecule has 0 spiro atoms. The molecule has 0 aliphatic carbocycles. The number of amides is 1. The van der Waals surface area contributed by atoms with E-state index in [1.54, 1.807) is 31.2 Å². The number of anilines is 1. The highest BCUT2D eigenvalue weighted by atomic mass is 16.5. The molecule has 0 atom stereocenters. The standard InChI is InChI=1S/C18H18N4O3/c1-11(2)24-16-8-7-14(10-19-16)18(23)21-15-6-4-5-13(9-15)17-20-12(3)25-22-17/h4-11H,1-3H3,(H,21,23). The molecule has 3 aromatic rings. The van der Waals surface area contributed by atoms with Crippen LogP contribution in [0.3, 0.4) is 0 Å². The van der Waals surface area contributed by atoms with E-state index in [0.717, 1.165) is 5.56 Å². The van der Waals surface area contributed by atoms with Gasteiger partial charge in [-0.05, 0) is 32.0 Å². The van der Waals surface area contributed by atoms with Crippen LogP contribution in [-0.2, 0) is 0 Å². The van der Waals surface area contributed by atoms with Crippen molar-refractivity contribution in [3.63, 3.8) is 0 Å². The number of nitrogens with zero attached hydrogens (tertiary/aromatic N) is 3. The maximum atomic E-state index is 12.4. The minimum Gasteiger partial charge on any atom is -0.475 e. The number of carbonyl (C=O) groups excluding carboxylic acids is 1. The predicted octanol–water partition coefficient (Wildman–Crippen LogP) is 3.48. The smallest absolute Gasteiger partial charge is 0.257 e. The molecule has 0 aliphatic rings. The second-order valence-electron chi connectivity index (χ2n) is 5.72. The summed E-state index contributed by atoms with van der Waals surface area (Å²) in [6.45, 7) is 5.56. The van der Waals surface area contributed by atoms with Gasteiger partial charge in [0.1, 0.15) is 0 Å². The van der Waals surface area contributed by atoms with Crippen LogP contribution >= 0.6 is 0 Å². The minimum absolute atomic E-state index is 0.0312. The average Bonchev–Trinajstić information content (AvgIpc) is 3.02. The molecule has 0 bridgehead atoms. The van der Waals surface area contributed by atoms with E-state index in [2.05, 4.69) is 20.4 Å². The fourth-order valence-corrected chi connectivity index (χ4v) is 2.18. The Morgan fingerprint density at radius 2 is 2.08 bits per heavy atom. The molecule has 0 radical (unpaired) electrons. The van der Waals surface area contributed by atoms with Crippen molar-refractivity contribution in [2.45, 2.75) is 26.9 Å². The number of hydrogen-bond acceptors (Lipinski definition) is 6.